The van der Waals surface area contributed by atoms with Crippen molar-refractivity contribution in [2.45, 2.75) is 31.7 Å². The normalized spacial score (nSPS) is 14.3. The number of nitrogens with one attached hydrogen (secondary N) is 3. The van der Waals surface area contributed by atoms with Crippen LogP contribution in [0.3, 0.4) is 0 Å². The van der Waals surface area contributed by atoms with Crippen LogP contribution < -0.4 is 27.2 Å². The molecule has 1 fully saturated rings. The van der Waals surface area contributed by atoms with Crippen molar-refractivity contribution in [3.63, 3.8) is 0 Å². The van der Waals surface area contributed by atoms with Gasteiger partial charge in [-0.2, -0.15) is 4.98 Å². The van der Waals surface area contributed by atoms with Gasteiger partial charge in [-0.1, -0.05) is 12.8 Å². The molecule has 1 aliphatic carbocycles. The van der Waals surface area contributed by atoms with E-state index in [1.165, 1.54) is 24.1 Å². The molecular formula is C17H24N8. The highest BCUT2D eigenvalue weighted by molar-refractivity contribution is 5.88. The second-order valence-corrected chi connectivity index (χ2v) is 6.13. The largest absolute Gasteiger partial charge is 0.394 e. The molecule has 1 heterocycles. The molecule has 1 saturated carbocycles. The fraction of sp³-hybridized carbons (Fsp3) is 0.353. The van der Waals surface area contributed by atoms with Gasteiger partial charge in [0, 0.05) is 30.6 Å². The lowest BCUT2D eigenvalue weighted by Gasteiger charge is -2.21. The summed E-state index contributed by atoms with van der Waals surface area (Å²) in [4.78, 5) is 8.76. The third-order valence-electron chi connectivity index (χ3n) is 4.45. The molecule has 7 N–H and O–H groups in total. The van der Waals surface area contributed by atoms with Crippen LogP contribution in [0.2, 0.25) is 0 Å². The van der Waals surface area contributed by atoms with Gasteiger partial charge >= 0.3 is 0 Å². The third kappa shape index (κ3) is 3.63. The van der Waals surface area contributed by atoms with E-state index < -0.39 is 0 Å². The minimum atomic E-state index is 0.397. The summed E-state index contributed by atoms with van der Waals surface area (Å²) in [6, 6.07) is 5.93. The number of hydrogen-bond acceptors (Lipinski definition) is 8. The third-order valence-corrected chi connectivity index (χ3v) is 4.45. The first-order valence-electron chi connectivity index (χ1n) is 8.38. The predicted molar refractivity (Wildman–Crippen MR) is 103 cm³/mol. The fourth-order valence-electron chi connectivity index (χ4n) is 3.07. The molecule has 0 unspecified atom stereocenters. The Morgan fingerprint density at radius 1 is 1.32 bits per heavy atom. The van der Waals surface area contributed by atoms with Crippen molar-refractivity contribution >= 4 is 35.0 Å². The van der Waals surface area contributed by atoms with Crippen molar-refractivity contribution in [2.75, 3.05) is 28.4 Å². The molecule has 0 aliphatic heterocycles. The van der Waals surface area contributed by atoms with E-state index in [-0.39, 0.29) is 0 Å². The summed E-state index contributed by atoms with van der Waals surface area (Å²) in [5, 5.41) is 15.4. The van der Waals surface area contributed by atoms with Crippen molar-refractivity contribution in [2.24, 2.45) is 5.84 Å². The molecule has 1 aromatic heterocycles. The lowest BCUT2D eigenvalue weighted by Crippen LogP contribution is -2.28. The smallest absolute Gasteiger partial charge is 0.225 e. The lowest BCUT2D eigenvalue weighted by atomic mass is 10.1. The minimum Gasteiger partial charge on any atom is -0.394 e. The molecule has 2 aromatic rings. The summed E-state index contributed by atoms with van der Waals surface area (Å²) in [6.07, 6.45) is 7.56. The number of aromatic nitrogens is 2. The molecule has 8 heteroatoms. The Balaban J connectivity index is 1.88. The maximum Gasteiger partial charge on any atom is 0.225 e. The van der Waals surface area contributed by atoms with Crippen LogP contribution in [0, 0.1) is 5.41 Å². The molecule has 132 valence electrons. The van der Waals surface area contributed by atoms with E-state index >= 15 is 0 Å². The molecule has 25 heavy (non-hydrogen) atoms. The van der Waals surface area contributed by atoms with Gasteiger partial charge in [-0.3, -0.25) is 5.01 Å². The Morgan fingerprint density at radius 3 is 2.76 bits per heavy atom. The highest BCUT2D eigenvalue weighted by atomic mass is 15.4. The predicted octanol–water partition coefficient (Wildman–Crippen LogP) is 2.46. The number of rotatable bonds is 6. The maximum absolute atomic E-state index is 7.55. The molecule has 0 radical (unpaired) electrons. The van der Waals surface area contributed by atoms with Crippen molar-refractivity contribution in [3.8, 4) is 0 Å². The van der Waals surface area contributed by atoms with E-state index in [2.05, 4.69) is 20.6 Å². The molecule has 0 saturated heterocycles. The van der Waals surface area contributed by atoms with Crippen LogP contribution in [0.1, 0.15) is 31.2 Å². The second-order valence-electron chi connectivity index (χ2n) is 6.13. The van der Waals surface area contributed by atoms with E-state index in [0.29, 0.717) is 29.2 Å². The van der Waals surface area contributed by atoms with Gasteiger partial charge in [0.1, 0.15) is 0 Å². The number of benzene rings is 1. The molecular weight excluding hydrogens is 316 g/mol. The number of nitrogens with zero attached hydrogens (tertiary/aromatic N) is 3. The lowest BCUT2D eigenvalue weighted by molar-refractivity contribution is 0.743. The first-order valence-corrected chi connectivity index (χ1v) is 8.38. The summed E-state index contributed by atoms with van der Waals surface area (Å²) in [5.41, 5.74) is 8.70. The van der Waals surface area contributed by atoms with Crippen molar-refractivity contribution in [1.29, 1.82) is 5.41 Å². The number of nitrogen functional groups attached to an aromatic ring is 1. The first kappa shape index (κ1) is 17.0. The summed E-state index contributed by atoms with van der Waals surface area (Å²) in [7, 11) is 1.81. The minimum absolute atomic E-state index is 0.397. The highest BCUT2D eigenvalue weighted by Crippen LogP contribution is 2.29. The Bertz CT molecular complexity index is 754. The van der Waals surface area contributed by atoms with Crippen molar-refractivity contribution in [1.82, 2.24) is 9.97 Å². The standard InChI is InChI=1S/C17H24N8/c1-21-15-7-6-13(8-11(15)9-18)25(20)16-14(19)10-22-17(24-16)23-12-4-2-3-5-12/h6-10,12,18,21H,2-5,19-20H2,1H3,(H,22,23,24). The molecule has 0 spiro atoms. The zero-order valence-electron chi connectivity index (χ0n) is 14.3. The van der Waals surface area contributed by atoms with Crippen LogP contribution in [0.25, 0.3) is 0 Å². The van der Waals surface area contributed by atoms with Crippen LogP contribution >= 0.6 is 0 Å². The summed E-state index contributed by atoms with van der Waals surface area (Å²) in [5.74, 6) is 7.22. The van der Waals surface area contributed by atoms with Crippen molar-refractivity contribution in [3.05, 3.63) is 30.0 Å². The molecule has 1 aromatic carbocycles. The van der Waals surface area contributed by atoms with Crippen LogP contribution in [-0.2, 0) is 0 Å². The molecule has 0 amide bonds. The van der Waals surface area contributed by atoms with Crippen LogP contribution in [0.5, 0.6) is 0 Å². The van der Waals surface area contributed by atoms with Gasteiger partial charge in [0.05, 0.1) is 17.6 Å². The topological polar surface area (TPSA) is 129 Å². The van der Waals surface area contributed by atoms with Crippen LogP contribution in [0.15, 0.2) is 24.4 Å². The Labute approximate surface area is 147 Å². The number of hydrazine groups is 1. The maximum atomic E-state index is 7.55. The zero-order valence-corrected chi connectivity index (χ0v) is 14.3. The Morgan fingerprint density at radius 2 is 2.08 bits per heavy atom. The van der Waals surface area contributed by atoms with E-state index in [0.717, 1.165) is 24.1 Å². The molecule has 3 rings (SSSR count). The molecule has 0 atom stereocenters. The Kier molecular flexibility index (Phi) is 4.99. The van der Waals surface area contributed by atoms with Gasteiger partial charge in [0.15, 0.2) is 5.82 Å². The molecule has 8 nitrogen and oxygen atoms in total. The fourth-order valence-corrected chi connectivity index (χ4v) is 3.07. The average Bonchev–Trinajstić information content (AvgIpc) is 3.15. The van der Waals surface area contributed by atoms with Gasteiger partial charge < -0.3 is 21.8 Å². The zero-order chi connectivity index (χ0) is 17.8. The van der Waals surface area contributed by atoms with Crippen molar-refractivity contribution < 1.29 is 0 Å². The number of anilines is 5. The molecule has 0 bridgehead atoms. The van der Waals surface area contributed by atoms with E-state index in [1.54, 1.807) is 6.20 Å². The van der Waals surface area contributed by atoms with Crippen LogP contribution in [-0.4, -0.2) is 29.3 Å². The number of nitrogens with two attached hydrogens (primary N) is 2. The summed E-state index contributed by atoms with van der Waals surface area (Å²) in [6.45, 7) is 0. The summed E-state index contributed by atoms with van der Waals surface area (Å²) >= 11 is 0. The first-order chi connectivity index (χ1) is 12.1. The quantitative estimate of drug-likeness (QED) is 0.310. The van der Waals surface area contributed by atoms with Gasteiger partial charge in [-0.15, -0.1) is 0 Å². The van der Waals surface area contributed by atoms with Gasteiger partial charge in [0.2, 0.25) is 5.95 Å². The summed E-state index contributed by atoms with van der Waals surface area (Å²) < 4.78 is 0. The number of hydrogen-bond donors (Lipinski definition) is 5. The molecule has 1 aliphatic rings. The van der Waals surface area contributed by atoms with E-state index in [1.807, 2.05) is 25.2 Å². The monoisotopic (exact) mass is 340 g/mol. The van der Waals surface area contributed by atoms with Gasteiger partial charge in [-0.05, 0) is 31.0 Å². The van der Waals surface area contributed by atoms with Gasteiger partial charge in [-0.25, -0.2) is 10.8 Å². The van der Waals surface area contributed by atoms with E-state index in [9.17, 15) is 0 Å². The Hall–Kier alpha value is -2.87. The average molecular weight is 340 g/mol. The highest BCUT2D eigenvalue weighted by Gasteiger charge is 2.18. The SMILES string of the molecule is CNc1ccc(N(N)c2nc(NC3CCCC3)ncc2N)cc1C=N. The van der Waals surface area contributed by atoms with E-state index in [4.69, 9.17) is 17.0 Å². The van der Waals surface area contributed by atoms with Gasteiger partial charge in [0.25, 0.3) is 0 Å². The van der Waals surface area contributed by atoms with Crippen LogP contribution in [0.4, 0.5) is 28.8 Å². The second kappa shape index (κ2) is 7.35.